The molecule has 2 heterocycles. The minimum atomic E-state index is 0. The number of likely N-dealkylation sites (tertiary alicyclic amines) is 1. The summed E-state index contributed by atoms with van der Waals surface area (Å²) in [6, 6.07) is 0. The van der Waals surface area contributed by atoms with E-state index in [0.717, 1.165) is 45.6 Å². The second kappa shape index (κ2) is 9.84. The van der Waals surface area contributed by atoms with Crippen LogP contribution in [0.3, 0.4) is 0 Å². The van der Waals surface area contributed by atoms with Crippen LogP contribution in [0, 0.1) is 0 Å². The second-order valence-corrected chi connectivity index (χ2v) is 6.01. The molecule has 124 valence electrons. The summed E-state index contributed by atoms with van der Waals surface area (Å²) in [4.78, 5) is 7.25. The molecule has 2 rings (SSSR count). The first-order chi connectivity index (χ1) is 9.77. The molecule has 0 aromatic heterocycles. The fourth-order valence-corrected chi connectivity index (χ4v) is 3.20. The predicted octanol–water partition coefficient (Wildman–Crippen LogP) is 1.95. The SMILES string of the molecule is CCCCNC(N)=NCC1(N2CCCC2)CCOCC1.I. The number of halogens is 1. The smallest absolute Gasteiger partial charge is 0.188 e. The Morgan fingerprint density at radius 3 is 2.57 bits per heavy atom. The highest BCUT2D eigenvalue weighted by Crippen LogP contribution is 2.31. The fraction of sp³-hybridized carbons (Fsp3) is 0.933. The highest BCUT2D eigenvalue weighted by molar-refractivity contribution is 14.0. The Morgan fingerprint density at radius 1 is 1.29 bits per heavy atom. The van der Waals surface area contributed by atoms with Crippen LogP contribution in [0.1, 0.15) is 45.4 Å². The Morgan fingerprint density at radius 2 is 1.95 bits per heavy atom. The van der Waals surface area contributed by atoms with Crippen LogP contribution in [0.25, 0.3) is 0 Å². The molecule has 0 aliphatic carbocycles. The molecule has 6 heteroatoms. The summed E-state index contributed by atoms with van der Waals surface area (Å²) in [6.45, 7) is 8.04. The summed E-state index contributed by atoms with van der Waals surface area (Å²) in [6.07, 6.45) is 7.11. The third-order valence-corrected chi connectivity index (χ3v) is 4.58. The van der Waals surface area contributed by atoms with Crippen LogP contribution in [0.4, 0.5) is 0 Å². The number of hydrogen-bond donors (Lipinski definition) is 2. The van der Waals surface area contributed by atoms with Gasteiger partial charge in [0.1, 0.15) is 0 Å². The van der Waals surface area contributed by atoms with Crippen molar-refractivity contribution in [1.29, 1.82) is 0 Å². The molecule has 0 bridgehead atoms. The molecule has 0 amide bonds. The summed E-state index contributed by atoms with van der Waals surface area (Å²) < 4.78 is 5.55. The number of ether oxygens (including phenoxy) is 1. The first-order valence-electron chi connectivity index (χ1n) is 8.13. The lowest BCUT2D eigenvalue weighted by atomic mass is 9.88. The number of nitrogens with one attached hydrogen (secondary N) is 1. The van der Waals surface area contributed by atoms with Crippen LogP contribution in [0.15, 0.2) is 4.99 Å². The molecular weight excluding hydrogens is 379 g/mol. The molecule has 2 aliphatic heterocycles. The molecule has 3 N–H and O–H groups in total. The molecule has 0 atom stereocenters. The van der Waals surface area contributed by atoms with Crippen molar-refractivity contribution < 1.29 is 4.74 Å². The molecule has 5 nitrogen and oxygen atoms in total. The lowest BCUT2D eigenvalue weighted by molar-refractivity contribution is -0.0138. The van der Waals surface area contributed by atoms with Gasteiger partial charge in [0.05, 0.1) is 6.54 Å². The lowest BCUT2D eigenvalue weighted by Gasteiger charge is -2.43. The Labute approximate surface area is 146 Å². The van der Waals surface area contributed by atoms with Gasteiger partial charge in [-0.2, -0.15) is 0 Å². The van der Waals surface area contributed by atoms with Gasteiger partial charge in [-0.25, -0.2) is 0 Å². The van der Waals surface area contributed by atoms with E-state index in [1.54, 1.807) is 0 Å². The maximum Gasteiger partial charge on any atom is 0.188 e. The second-order valence-electron chi connectivity index (χ2n) is 6.01. The summed E-state index contributed by atoms with van der Waals surface area (Å²) >= 11 is 0. The number of unbranched alkanes of at least 4 members (excludes halogenated alkanes) is 1. The van der Waals surface area contributed by atoms with E-state index in [4.69, 9.17) is 10.5 Å². The molecular formula is C15H31IN4O. The van der Waals surface area contributed by atoms with E-state index in [-0.39, 0.29) is 29.5 Å². The average molecular weight is 410 g/mol. The molecule has 0 unspecified atom stereocenters. The molecule has 0 aromatic carbocycles. The third kappa shape index (κ3) is 5.56. The van der Waals surface area contributed by atoms with Crippen LogP contribution in [-0.4, -0.2) is 55.8 Å². The average Bonchev–Trinajstić information content (AvgIpc) is 3.01. The zero-order valence-electron chi connectivity index (χ0n) is 13.3. The molecule has 2 fully saturated rings. The van der Waals surface area contributed by atoms with Crippen molar-refractivity contribution in [2.45, 2.75) is 51.0 Å². The first kappa shape index (κ1) is 19.0. The van der Waals surface area contributed by atoms with Gasteiger partial charge in [0.25, 0.3) is 0 Å². The number of hydrogen-bond acceptors (Lipinski definition) is 3. The van der Waals surface area contributed by atoms with Gasteiger partial charge in [0, 0.05) is 25.3 Å². The van der Waals surface area contributed by atoms with Crippen molar-refractivity contribution >= 4 is 29.9 Å². The quantitative estimate of drug-likeness (QED) is 0.304. The van der Waals surface area contributed by atoms with Crippen molar-refractivity contribution in [3.05, 3.63) is 0 Å². The van der Waals surface area contributed by atoms with Crippen molar-refractivity contribution in [2.24, 2.45) is 10.7 Å². The highest BCUT2D eigenvalue weighted by Gasteiger charge is 2.39. The number of nitrogens with zero attached hydrogens (tertiary/aromatic N) is 2. The van der Waals surface area contributed by atoms with Gasteiger partial charge in [-0.1, -0.05) is 13.3 Å². The van der Waals surface area contributed by atoms with E-state index < -0.39 is 0 Å². The molecule has 0 radical (unpaired) electrons. The zero-order chi connectivity index (χ0) is 14.3. The molecule has 2 aliphatic rings. The Kier molecular flexibility index (Phi) is 8.89. The van der Waals surface area contributed by atoms with Crippen LogP contribution in [0.2, 0.25) is 0 Å². The van der Waals surface area contributed by atoms with Crippen molar-refractivity contribution in [3.63, 3.8) is 0 Å². The van der Waals surface area contributed by atoms with Crippen molar-refractivity contribution in [2.75, 3.05) is 39.4 Å². The summed E-state index contributed by atoms with van der Waals surface area (Å²) in [7, 11) is 0. The standard InChI is InChI=1S/C15H30N4O.HI/c1-2-3-8-17-14(16)18-13-15(6-11-20-12-7-15)19-9-4-5-10-19;/h2-13H2,1H3,(H3,16,17,18);1H. The summed E-state index contributed by atoms with van der Waals surface area (Å²) in [5, 5.41) is 3.21. The van der Waals surface area contributed by atoms with Crippen LogP contribution >= 0.6 is 24.0 Å². The van der Waals surface area contributed by atoms with E-state index in [1.165, 1.54) is 32.4 Å². The number of guanidine groups is 1. The maximum absolute atomic E-state index is 5.98. The first-order valence-corrected chi connectivity index (χ1v) is 8.13. The predicted molar refractivity (Wildman–Crippen MR) is 98.4 cm³/mol. The van der Waals surface area contributed by atoms with Gasteiger partial charge in [0.2, 0.25) is 0 Å². The van der Waals surface area contributed by atoms with Crippen LogP contribution in [0.5, 0.6) is 0 Å². The molecule has 2 saturated heterocycles. The van der Waals surface area contributed by atoms with E-state index in [1.807, 2.05) is 0 Å². The van der Waals surface area contributed by atoms with Gasteiger partial charge in [-0.15, -0.1) is 24.0 Å². The largest absolute Gasteiger partial charge is 0.381 e. The third-order valence-electron chi connectivity index (χ3n) is 4.58. The van der Waals surface area contributed by atoms with Gasteiger partial charge in [0.15, 0.2) is 5.96 Å². The molecule has 0 spiro atoms. The summed E-state index contributed by atoms with van der Waals surface area (Å²) in [5.74, 6) is 0.600. The Hall–Kier alpha value is -0.0800. The van der Waals surface area contributed by atoms with E-state index in [9.17, 15) is 0 Å². The minimum absolute atomic E-state index is 0. The highest BCUT2D eigenvalue weighted by atomic mass is 127. The normalized spacial score (nSPS) is 22.8. The molecule has 0 aromatic rings. The van der Waals surface area contributed by atoms with Gasteiger partial charge in [-0.05, 0) is 45.2 Å². The van der Waals surface area contributed by atoms with E-state index >= 15 is 0 Å². The number of aliphatic imine (C=N–C) groups is 1. The van der Waals surface area contributed by atoms with E-state index in [2.05, 4.69) is 22.1 Å². The van der Waals surface area contributed by atoms with Crippen LogP contribution in [-0.2, 0) is 4.74 Å². The maximum atomic E-state index is 5.98. The summed E-state index contributed by atoms with van der Waals surface area (Å²) in [5.41, 5.74) is 6.16. The van der Waals surface area contributed by atoms with Gasteiger partial charge < -0.3 is 15.8 Å². The number of rotatable bonds is 6. The lowest BCUT2D eigenvalue weighted by Crippen LogP contribution is -2.53. The molecule has 0 saturated carbocycles. The van der Waals surface area contributed by atoms with Crippen molar-refractivity contribution in [3.8, 4) is 0 Å². The topological polar surface area (TPSA) is 62.9 Å². The molecule has 21 heavy (non-hydrogen) atoms. The zero-order valence-corrected chi connectivity index (χ0v) is 15.6. The minimum Gasteiger partial charge on any atom is -0.381 e. The Balaban J connectivity index is 0.00000220. The van der Waals surface area contributed by atoms with Gasteiger partial charge >= 0.3 is 0 Å². The van der Waals surface area contributed by atoms with Gasteiger partial charge in [-0.3, -0.25) is 9.89 Å². The Bertz CT molecular complexity index is 313. The monoisotopic (exact) mass is 410 g/mol. The number of nitrogens with two attached hydrogens (primary N) is 1. The van der Waals surface area contributed by atoms with E-state index in [0.29, 0.717) is 5.96 Å². The van der Waals surface area contributed by atoms with Crippen LogP contribution < -0.4 is 11.1 Å². The van der Waals surface area contributed by atoms with Crippen molar-refractivity contribution in [1.82, 2.24) is 10.2 Å². The fourth-order valence-electron chi connectivity index (χ4n) is 3.20.